The van der Waals surface area contributed by atoms with E-state index >= 15 is 0 Å². The molecule has 0 radical (unpaired) electrons. The van der Waals surface area contributed by atoms with Gasteiger partial charge in [-0.15, -0.1) is 0 Å². The van der Waals surface area contributed by atoms with Crippen LogP contribution in [0.25, 0.3) is 0 Å². The van der Waals surface area contributed by atoms with E-state index in [1.54, 1.807) is 24.3 Å². The molecule has 1 aromatic heterocycles. The van der Waals surface area contributed by atoms with Gasteiger partial charge in [-0.2, -0.15) is 0 Å². The third-order valence-electron chi connectivity index (χ3n) is 3.65. The summed E-state index contributed by atoms with van der Waals surface area (Å²) in [5.41, 5.74) is 1.56. The molecule has 0 amide bonds. The van der Waals surface area contributed by atoms with Crippen LogP contribution >= 0.6 is 11.8 Å². The minimum absolute atomic E-state index is 0.109. The lowest BCUT2D eigenvalue weighted by Crippen LogP contribution is -2.08. The van der Waals surface area contributed by atoms with E-state index in [2.05, 4.69) is 15.3 Å². The number of carbonyl (C=O) groups is 1. The smallest absolute Gasteiger partial charge is 0.343 e. The summed E-state index contributed by atoms with van der Waals surface area (Å²) < 4.78 is 5.28. The summed E-state index contributed by atoms with van der Waals surface area (Å²) in [5.74, 6) is 0.323. The second kappa shape index (κ2) is 8.49. The number of nitrogens with zero attached hydrogens (tertiary/aromatic N) is 3. The van der Waals surface area contributed by atoms with Crippen LogP contribution in [-0.4, -0.2) is 27.1 Å². The molecule has 3 rings (SSSR count). The highest BCUT2D eigenvalue weighted by atomic mass is 32.2. The fourth-order valence-corrected chi connectivity index (χ4v) is 2.79. The minimum Gasteiger partial charge on any atom is -0.423 e. The van der Waals surface area contributed by atoms with Gasteiger partial charge in [-0.05, 0) is 43.5 Å². The summed E-state index contributed by atoms with van der Waals surface area (Å²) in [6.45, 7) is 1.89. The number of aromatic nitrogens is 2. The molecular formula is C19H16N4O4S. The summed E-state index contributed by atoms with van der Waals surface area (Å²) in [6, 6.07) is 14.0. The van der Waals surface area contributed by atoms with E-state index < -0.39 is 10.9 Å². The molecule has 3 aromatic rings. The molecule has 28 heavy (non-hydrogen) atoms. The lowest BCUT2D eigenvalue weighted by atomic mass is 10.2. The number of hydrogen-bond acceptors (Lipinski definition) is 8. The van der Waals surface area contributed by atoms with Gasteiger partial charge < -0.3 is 10.1 Å². The van der Waals surface area contributed by atoms with Gasteiger partial charge in [0.15, 0.2) is 5.16 Å². The first kappa shape index (κ1) is 19.3. The topological polar surface area (TPSA) is 107 Å². The molecule has 0 fully saturated rings. The Labute approximate surface area is 165 Å². The van der Waals surface area contributed by atoms with Gasteiger partial charge in [0, 0.05) is 29.6 Å². The SMILES string of the molecule is CSc1nc(C)cc(Nc2ccc(OC(=O)c3cccc([N+](=O)[O-])c3)cc2)n1. The van der Waals surface area contributed by atoms with Crippen LogP contribution in [0.15, 0.2) is 59.8 Å². The highest BCUT2D eigenvalue weighted by Crippen LogP contribution is 2.22. The highest BCUT2D eigenvalue weighted by Gasteiger charge is 2.13. The lowest BCUT2D eigenvalue weighted by molar-refractivity contribution is -0.384. The molecule has 2 aromatic carbocycles. The Bertz CT molecular complexity index is 1020. The molecule has 0 saturated carbocycles. The van der Waals surface area contributed by atoms with E-state index in [9.17, 15) is 14.9 Å². The number of nitro benzene ring substituents is 1. The van der Waals surface area contributed by atoms with Gasteiger partial charge in [-0.25, -0.2) is 14.8 Å². The number of anilines is 2. The fourth-order valence-electron chi connectivity index (χ4n) is 2.36. The van der Waals surface area contributed by atoms with Crippen LogP contribution in [0.3, 0.4) is 0 Å². The molecule has 0 atom stereocenters. The van der Waals surface area contributed by atoms with Crippen LogP contribution < -0.4 is 10.1 Å². The average molecular weight is 396 g/mol. The monoisotopic (exact) mass is 396 g/mol. The largest absolute Gasteiger partial charge is 0.423 e. The van der Waals surface area contributed by atoms with Crippen LogP contribution in [0, 0.1) is 17.0 Å². The summed E-state index contributed by atoms with van der Waals surface area (Å²) in [7, 11) is 0. The average Bonchev–Trinajstić information content (AvgIpc) is 2.69. The van der Waals surface area contributed by atoms with Crippen LogP contribution in [0.5, 0.6) is 5.75 Å². The number of hydrogen-bond donors (Lipinski definition) is 1. The predicted octanol–water partition coefficient (Wildman–Crippen LogP) is 4.38. The summed E-state index contributed by atoms with van der Waals surface area (Å²) >= 11 is 1.46. The van der Waals surface area contributed by atoms with Crippen molar-refractivity contribution in [1.29, 1.82) is 0 Å². The number of carbonyl (C=O) groups excluding carboxylic acids is 1. The van der Waals surface area contributed by atoms with Crippen LogP contribution in [0.1, 0.15) is 16.1 Å². The number of thioether (sulfide) groups is 1. The maximum Gasteiger partial charge on any atom is 0.343 e. The first-order valence-electron chi connectivity index (χ1n) is 8.18. The molecule has 0 unspecified atom stereocenters. The van der Waals surface area contributed by atoms with Crippen molar-refractivity contribution >= 4 is 34.9 Å². The molecule has 0 spiro atoms. The van der Waals surface area contributed by atoms with E-state index in [0.29, 0.717) is 16.7 Å². The summed E-state index contributed by atoms with van der Waals surface area (Å²) in [4.78, 5) is 31.1. The van der Waals surface area contributed by atoms with Crippen molar-refractivity contribution in [2.45, 2.75) is 12.1 Å². The van der Waals surface area contributed by atoms with Gasteiger partial charge in [-0.1, -0.05) is 17.8 Å². The maximum atomic E-state index is 12.2. The van der Waals surface area contributed by atoms with Crippen LogP contribution in [-0.2, 0) is 0 Å². The molecule has 0 aliphatic carbocycles. The van der Waals surface area contributed by atoms with Crippen molar-refractivity contribution < 1.29 is 14.5 Å². The number of ether oxygens (including phenoxy) is 1. The second-order valence-corrected chi connectivity index (χ2v) is 6.50. The Hall–Kier alpha value is -3.46. The van der Waals surface area contributed by atoms with E-state index in [-0.39, 0.29) is 11.3 Å². The zero-order chi connectivity index (χ0) is 20.1. The van der Waals surface area contributed by atoms with Gasteiger partial charge >= 0.3 is 5.97 Å². The quantitative estimate of drug-likeness (QED) is 0.163. The lowest BCUT2D eigenvalue weighted by Gasteiger charge is -2.09. The summed E-state index contributed by atoms with van der Waals surface area (Å²) in [6.07, 6.45) is 1.91. The molecule has 1 N–H and O–H groups in total. The molecule has 8 nitrogen and oxygen atoms in total. The number of rotatable bonds is 6. The van der Waals surface area contributed by atoms with Gasteiger partial charge in [0.05, 0.1) is 10.5 Å². The van der Waals surface area contributed by atoms with Crippen molar-refractivity contribution in [1.82, 2.24) is 9.97 Å². The number of non-ortho nitro benzene ring substituents is 1. The van der Waals surface area contributed by atoms with Gasteiger partial charge in [0.1, 0.15) is 11.6 Å². The molecule has 1 heterocycles. The Morgan fingerprint density at radius 1 is 1.14 bits per heavy atom. The molecule has 0 bridgehead atoms. The Kier molecular flexibility index (Phi) is 5.85. The van der Waals surface area contributed by atoms with Gasteiger partial charge in [0.2, 0.25) is 0 Å². The first-order chi connectivity index (χ1) is 13.4. The van der Waals surface area contributed by atoms with Crippen molar-refractivity contribution in [2.24, 2.45) is 0 Å². The third kappa shape index (κ3) is 4.83. The van der Waals surface area contributed by atoms with Crippen molar-refractivity contribution in [2.75, 3.05) is 11.6 Å². The van der Waals surface area contributed by atoms with E-state index in [4.69, 9.17) is 4.74 Å². The summed E-state index contributed by atoms with van der Waals surface area (Å²) in [5, 5.41) is 14.7. The van der Waals surface area contributed by atoms with Crippen molar-refractivity contribution in [3.63, 3.8) is 0 Å². The third-order valence-corrected chi connectivity index (χ3v) is 4.19. The zero-order valence-corrected chi connectivity index (χ0v) is 15.9. The minimum atomic E-state index is -0.666. The normalized spacial score (nSPS) is 10.4. The second-order valence-electron chi connectivity index (χ2n) is 5.73. The molecular weight excluding hydrogens is 380 g/mol. The Balaban J connectivity index is 1.69. The van der Waals surface area contributed by atoms with E-state index in [0.717, 1.165) is 11.4 Å². The molecule has 142 valence electrons. The van der Waals surface area contributed by atoms with E-state index in [1.165, 1.54) is 36.0 Å². The first-order valence-corrected chi connectivity index (χ1v) is 9.40. The van der Waals surface area contributed by atoms with Crippen molar-refractivity contribution in [3.05, 3.63) is 76.0 Å². The Morgan fingerprint density at radius 3 is 2.57 bits per heavy atom. The number of nitrogens with one attached hydrogen (secondary N) is 1. The number of benzene rings is 2. The fraction of sp³-hybridized carbons (Fsp3) is 0.105. The number of esters is 1. The molecule has 9 heteroatoms. The van der Waals surface area contributed by atoms with Gasteiger partial charge in [0.25, 0.3) is 5.69 Å². The van der Waals surface area contributed by atoms with Crippen molar-refractivity contribution in [3.8, 4) is 5.75 Å². The zero-order valence-electron chi connectivity index (χ0n) is 15.1. The maximum absolute atomic E-state index is 12.2. The van der Waals surface area contributed by atoms with Gasteiger partial charge in [-0.3, -0.25) is 10.1 Å². The van der Waals surface area contributed by atoms with E-state index in [1.807, 2.05) is 19.2 Å². The standard InChI is InChI=1S/C19H16N4O4S/c1-12-10-17(22-19(20-12)28-2)21-14-6-8-16(9-7-14)27-18(24)13-4-3-5-15(11-13)23(25)26/h3-11H,1-2H3,(H,20,21,22). The highest BCUT2D eigenvalue weighted by molar-refractivity contribution is 7.98. The predicted molar refractivity (Wildman–Crippen MR) is 106 cm³/mol. The van der Waals surface area contributed by atoms with Crippen LogP contribution in [0.2, 0.25) is 0 Å². The number of aryl methyl sites for hydroxylation is 1. The molecule has 0 saturated heterocycles. The Morgan fingerprint density at radius 2 is 1.89 bits per heavy atom. The number of nitro groups is 1. The molecule has 0 aliphatic rings. The molecule has 0 aliphatic heterocycles. The van der Waals surface area contributed by atoms with Crippen LogP contribution in [0.4, 0.5) is 17.2 Å².